The van der Waals surface area contributed by atoms with Crippen LogP contribution < -0.4 is 4.90 Å². The fourth-order valence-corrected chi connectivity index (χ4v) is 3.18. The van der Waals surface area contributed by atoms with Gasteiger partial charge >= 0.3 is 0 Å². The van der Waals surface area contributed by atoms with Crippen LogP contribution in [-0.4, -0.2) is 38.0 Å². The molecule has 3 rings (SSSR count). The van der Waals surface area contributed by atoms with E-state index in [1.54, 1.807) is 12.1 Å². The largest absolute Gasteiger partial charge is 0.388 e. The number of quaternary nitrogens is 1. The molecule has 0 spiro atoms. The van der Waals surface area contributed by atoms with Crippen molar-refractivity contribution in [1.82, 2.24) is 0 Å². The first-order valence-corrected chi connectivity index (χ1v) is 8.14. The molecule has 0 aliphatic carbocycles. The van der Waals surface area contributed by atoms with Crippen LogP contribution in [0.1, 0.15) is 23.1 Å². The summed E-state index contributed by atoms with van der Waals surface area (Å²) in [4.78, 5) is 1.44. The van der Waals surface area contributed by atoms with E-state index in [2.05, 4.69) is 12.1 Å². The highest BCUT2D eigenvalue weighted by Gasteiger charge is 2.28. The molecule has 0 unspecified atom stereocenters. The highest BCUT2D eigenvalue weighted by atomic mass is 19.1. The Morgan fingerprint density at radius 1 is 0.957 bits per heavy atom. The number of ether oxygens (including phenoxy) is 1. The summed E-state index contributed by atoms with van der Waals surface area (Å²) in [6.07, 6.45) is -0.645. The summed E-state index contributed by atoms with van der Waals surface area (Å²) in [7, 11) is 0. The fraction of sp³-hybridized carbons (Fsp3) is 0.368. The van der Waals surface area contributed by atoms with Crippen LogP contribution in [0.4, 0.5) is 4.39 Å². The molecular formula is C19H23FNO2+. The first-order valence-electron chi connectivity index (χ1n) is 8.14. The molecule has 0 radical (unpaired) electrons. The third-order valence-electron chi connectivity index (χ3n) is 4.53. The monoisotopic (exact) mass is 316 g/mol. The smallest absolute Gasteiger partial charge is 0.123 e. The summed E-state index contributed by atoms with van der Waals surface area (Å²) < 4.78 is 18.6. The third-order valence-corrected chi connectivity index (χ3v) is 4.53. The molecule has 2 aromatic rings. The normalized spacial score (nSPS) is 18.5. The molecule has 0 amide bonds. The van der Waals surface area contributed by atoms with Crippen LogP contribution >= 0.6 is 0 Å². The van der Waals surface area contributed by atoms with Gasteiger partial charge < -0.3 is 14.7 Å². The second kappa shape index (κ2) is 7.68. The summed E-state index contributed by atoms with van der Waals surface area (Å²) in [5.41, 5.74) is 1.87. The highest BCUT2D eigenvalue weighted by Crippen LogP contribution is 2.30. The highest BCUT2D eigenvalue weighted by molar-refractivity contribution is 5.27. The van der Waals surface area contributed by atoms with Crippen molar-refractivity contribution < 1.29 is 19.1 Å². The molecular weight excluding hydrogens is 293 g/mol. The number of rotatable bonds is 5. The van der Waals surface area contributed by atoms with E-state index in [0.717, 1.165) is 44.0 Å². The minimum Gasteiger partial charge on any atom is -0.388 e. The molecule has 2 atom stereocenters. The summed E-state index contributed by atoms with van der Waals surface area (Å²) in [5.74, 6) is -0.300. The Balaban J connectivity index is 1.83. The van der Waals surface area contributed by atoms with Gasteiger partial charge in [0.2, 0.25) is 0 Å². The fourth-order valence-electron chi connectivity index (χ4n) is 3.18. The Labute approximate surface area is 136 Å². The van der Waals surface area contributed by atoms with E-state index < -0.39 is 6.10 Å². The maximum atomic E-state index is 13.1. The predicted octanol–water partition coefficient (Wildman–Crippen LogP) is 1.56. The molecule has 0 saturated carbocycles. The second-order valence-corrected chi connectivity index (χ2v) is 6.08. The number of nitrogens with one attached hydrogen (secondary N) is 1. The van der Waals surface area contributed by atoms with Gasteiger partial charge in [-0.25, -0.2) is 4.39 Å². The number of benzene rings is 2. The molecule has 1 fully saturated rings. The molecule has 4 heteroatoms. The Morgan fingerprint density at radius 3 is 2.26 bits per heavy atom. The zero-order chi connectivity index (χ0) is 16.1. The van der Waals surface area contributed by atoms with E-state index in [-0.39, 0.29) is 11.7 Å². The van der Waals surface area contributed by atoms with E-state index in [0.29, 0.717) is 0 Å². The standard InChI is InChI=1S/C19H22FNO2/c20-17-8-6-16(7-9-17)19(22)18(15-4-2-1-3-5-15)14-21-10-12-23-13-11-21/h1-9,18-19,22H,10-14H2/p+1/t18-,19-/m0/s1. The first-order chi connectivity index (χ1) is 11.2. The van der Waals surface area contributed by atoms with E-state index in [1.807, 2.05) is 18.2 Å². The number of aliphatic hydroxyl groups excluding tert-OH is 1. The average molecular weight is 316 g/mol. The van der Waals surface area contributed by atoms with Crippen molar-refractivity contribution in [1.29, 1.82) is 0 Å². The molecule has 1 heterocycles. The Kier molecular flexibility index (Phi) is 5.39. The van der Waals surface area contributed by atoms with Gasteiger partial charge in [-0.05, 0) is 23.3 Å². The average Bonchev–Trinajstić information content (AvgIpc) is 2.61. The van der Waals surface area contributed by atoms with Crippen LogP contribution in [0, 0.1) is 5.82 Å². The van der Waals surface area contributed by atoms with Crippen LogP contribution in [-0.2, 0) is 4.74 Å². The van der Waals surface area contributed by atoms with Gasteiger partial charge in [-0.15, -0.1) is 0 Å². The quantitative estimate of drug-likeness (QED) is 0.878. The van der Waals surface area contributed by atoms with E-state index >= 15 is 0 Å². The zero-order valence-corrected chi connectivity index (χ0v) is 13.1. The lowest BCUT2D eigenvalue weighted by Crippen LogP contribution is -3.14. The lowest BCUT2D eigenvalue weighted by atomic mass is 9.88. The maximum absolute atomic E-state index is 13.1. The summed E-state index contributed by atoms with van der Waals surface area (Å²) >= 11 is 0. The molecule has 2 N–H and O–H groups in total. The summed E-state index contributed by atoms with van der Waals surface area (Å²) in [6.45, 7) is 4.29. The van der Waals surface area contributed by atoms with Crippen molar-refractivity contribution in [2.24, 2.45) is 0 Å². The van der Waals surface area contributed by atoms with Gasteiger partial charge in [-0.1, -0.05) is 42.5 Å². The van der Waals surface area contributed by atoms with E-state index in [1.165, 1.54) is 17.0 Å². The van der Waals surface area contributed by atoms with Crippen molar-refractivity contribution in [3.8, 4) is 0 Å². The number of hydrogen-bond donors (Lipinski definition) is 2. The van der Waals surface area contributed by atoms with Gasteiger partial charge in [-0.2, -0.15) is 0 Å². The summed E-state index contributed by atoms with van der Waals surface area (Å²) in [5, 5.41) is 10.9. The molecule has 1 aliphatic rings. The van der Waals surface area contributed by atoms with E-state index in [9.17, 15) is 9.50 Å². The van der Waals surface area contributed by atoms with Gasteiger partial charge in [-0.3, -0.25) is 0 Å². The predicted molar refractivity (Wildman–Crippen MR) is 86.9 cm³/mol. The lowest BCUT2D eigenvalue weighted by Gasteiger charge is -2.30. The van der Waals surface area contributed by atoms with Gasteiger partial charge in [0.05, 0.1) is 31.8 Å². The third kappa shape index (κ3) is 4.16. The van der Waals surface area contributed by atoms with Crippen LogP contribution in [0.2, 0.25) is 0 Å². The first kappa shape index (κ1) is 16.1. The van der Waals surface area contributed by atoms with Gasteiger partial charge in [0, 0.05) is 0 Å². The molecule has 0 bridgehead atoms. The van der Waals surface area contributed by atoms with Gasteiger partial charge in [0.1, 0.15) is 18.9 Å². The van der Waals surface area contributed by atoms with Gasteiger partial charge in [0.15, 0.2) is 0 Å². The molecule has 2 aromatic carbocycles. The number of morpholine rings is 1. The Hall–Kier alpha value is -1.75. The molecule has 1 saturated heterocycles. The second-order valence-electron chi connectivity index (χ2n) is 6.08. The maximum Gasteiger partial charge on any atom is 0.123 e. The zero-order valence-electron chi connectivity index (χ0n) is 13.1. The van der Waals surface area contributed by atoms with Crippen molar-refractivity contribution in [2.45, 2.75) is 12.0 Å². The minimum atomic E-state index is -0.645. The van der Waals surface area contributed by atoms with Crippen molar-refractivity contribution >= 4 is 0 Å². The summed E-state index contributed by atoms with van der Waals surface area (Å²) in [6, 6.07) is 16.2. The number of aliphatic hydroxyl groups is 1. The molecule has 0 aromatic heterocycles. The van der Waals surface area contributed by atoms with Crippen molar-refractivity contribution in [2.75, 3.05) is 32.8 Å². The van der Waals surface area contributed by atoms with Crippen LogP contribution in [0.15, 0.2) is 54.6 Å². The van der Waals surface area contributed by atoms with Crippen molar-refractivity contribution in [3.05, 3.63) is 71.5 Å². The van der Waals surface area contributed by atoms with Crippen LogP contribution in [0.25, 0.3) is 0 Å². The van der Waals surface area contributed by atoms with Crippen LogP contribution in [0.3, 0.4) is 0 Å². The number of halogens is 1. The lowest BCUT2D eigenvalue weighted by molar-refractivity contribution is -0.909. The van der Waals surface area contributed by atoms with E-state index in [4.69, 9.17) is 4.74 Å². The molecule has 122 valence electrons. The van der Waals surface area contributed by atoms with Crippen molar-refractivity contribution in [3.63, 3.8) is 0 Å². The Bertz CT molecular complexity index is 597. The van der Waals surface area contributed by atoms with Crippen LogP contribution in [0.5, 0.6) is 0 Å². The number of hydrogen-bond acceptors (Lipinski definition) is 2. The molecule has 3 nitrogen and oxygen atoms in total. The van der Waals surface area contributed by atoms with Gasteiger partial charge in [0.25, 0.3) is 0 Å². The Morgan fingerprint density at radius 2 is 1.61 bits per heavy atom. The molecule has 23 heavy (non-hydrogen) atoms. The SMILES string of the molecule is O[C@@H](c1ccc(F)cc1)[C@@H](C[NH+]1CCOCC1)c1ccccc1. The molecule has 1 aliphatic heterocycles. The minimum absolute atomic E-state index is 0.0187. The topological polar surface area (TPSA) is 33.9 Å².